The first kappa shape index (κ1) is 17.4. The molecule has 5 heteroatoms. The number of hydrogen-bond acceptors (Lipinski definition) is 3. The Hall–Kier alpha value is -2.43. The molecule has 0 aliphatic heterocycles. The lowest BCUT2D eigenvalue weighted by Crippen LogP contribution is -2.36. The summed E-state index contributed by atoms with van der Waals surface area (Å²) in [6.07, 6.45) is 2.59. The Balaban J connectivity index is 1.53. The molecule has 1 heterocycles. The second kappa shape index (κ2) is 8.10. The minimum Gasteiger partial charge on any atom is -0.493 e. The number of furan rings is 1. The molecule has 2 aromatic rings. The van der Waals surface area contributed by atoms with Gasteiger partial charge in [-0.2, -0.15) is 0 Å². The SMILES string of the molecule is CN=C(NCc1ccccc1OCC1CC1)NCc1cc(C)oc1C. The average molecular weight is 341 g/mol. The Morgan fingerprint density at radius 2 is 1.88 bits per heavy atom. The van der Waals surface area contributed by atoms with Crippen molar-refractivity contribution >= 4 is 5.96 Å². The summed E-state index contributed by atoms with van der Waals surface area (Å²) in [6, 6.07) is 10.2. The molecule has 0 unspecified atom stereocenters. The monoisotopic (exact) mass is 341 g/mol. The van der Waals surface area contributed by atoms with Crippen LogP contribution in [0.5, 0.6) is 5.75 Å². The van der Waals surface area contributed by atoms with Gasteiger partial charge in [0, 0.05) is 31.3 Å². The lowest BCUT2D eigenvalue weighted by atomic mass is 10.2. The van der Waals surface area contributed by atoms with Crippen LogP contribution in [0.3, 0.4) is 0 Å². The molecular formula is C20H27N3O2. The molecule has 1 aliphatic rings. The summed E-state index contributed by atoms with van der Waals surface area (Å²) < 4.78 is 11.5. The third-order valence-electron chi connectivity index (χ3n) is 4.40. The molecule has 3 rings (SSSR count). The van der Waals surface area contributed by atoms with E-state index in [2.05, 4.69) is 27.8 Å². The van der Waals surface area contributed by atoms with Gasteiger partial charge < -0.3 is 19.8 Å². The van der Waals surface area contributed by atoms with Gasteiger partial charge >= 0.3 is 0 Å². The van der Waals surface area contributed by atoms with Crippen LogP contribution in [-0.2, 0) is 13.1 Å². The highest BCUT2D eigenvalue weighted by molar-refractivity contribution is 5.79. The molecule has 0 saturated heterocycles. The summed E-state index contributed by atoms with van der Waals surface area (Å²) >= 11 is 0. The summed E-state index contributed by atoms with van der Waals surface area (Å²) in [5.41, 5.74) is 2.29. The predicted octanol–water partition coefficient (Wildman–Crippen LogP) is 3.55. The molecule has 1 aliphatic carbocycles. The lowest BCUT2D eigenvalue weighted by Gasteiger charge is -2.14. The van der Waals surface area contributed by atoms with Gasteiger partial charge in [-0.05, 0) is 44.7 Å². The van der Waals surface area contributed by atoms with Crippen LogP contribution in [0.2, 0.25) is 0 Å². The highest BCUT2D eigenvalue weighted by Crippen LogP contribution is 2.30. The van der Waals surface area contributed by atoms with Crippen molar-refractivity contribution in [3.8, 4) is 5.75 Å². The Labute approximate surface area is 149 Å². The molecular weight excluding hydrogens is 314 g/mol. The number of nitrogens with zero attached hydrogens (tertiary/aromatic N) is 1. The van der Waals surface area contributed by atoms with E-state index in [4.69, 9.17) is 9.15 Å². The first-order chi connectivity index (χ1) is 12.2. The van der Waals surface area contributed by atoms with E-state index in [-0.39, 0.29) is 0 Å². The van der Waals surface area contributed by atoms with E-state index in [0.29, 0.717) is 13.1 Å². The minimum atomic E-state index is 0.671. The Kier molecular flexibility index (Phi) is 5.64. The standard InChI is InChI=1S/C20H27N3O2/c1-14-10-18(15(2)25-14)12-23-20(21-3)22-11-17-6-4-5-7-19(17)24-13-16-8-9-16/h4-7,10,16H,8-9,11-13H2,1-3H3,(H2,21,22,23). The van der Waals surface area contributed by atoms with Gasteiger partial charge in [0.2, 0.25) is 0 Å². The smallest absolute Gasteiger partial charge is 0.191 e. The van der Waals surface area contributed by atoms with Crippen LogP contribution >= 0.6 is 0 Å². The second-order valence-electron chi connectivity index (χ2n) is 6.58. The molecule has 1 aromatic carbocycles. The van der Waals surface area contributed by atoms with Gasteiger partial charge in [-0.25, -0.2) is 0 Å². The highest BCUT2D eigenvalue weighted by atomic mass is 16.5. The van der Waals surface area contributed by atoms with Crippen molar-refractivity contribution < 1.29 is 9.15 Å². The molecule has 0 spiro atoms. The summed E-state index contributed by atoms with van der Waals surface area (Å²) in [7, 11) is 1.78. The number of benzene rings is 1. The molecule has 1 fully saturated rings. The van der Waals surface area contributed by atoms with E-state index >= 15 is 0 Å². The molecule has 134 valence electrons. The van der Waals surface area contributed by atoms with Crippen molar-refractivity contribution in [2.45, 2.75) is 39.8 Å². The summed E-state index contributed by atoms with van der Waals surface area (Å²) in [6.45, 7) is 6.12. The van der Waals surface area contributed by atoms with Gasteiger partial charge in [0.1, 0.15) is 17.3 Å². The van der Waals surface area contributed by atoms with Crippen LogP contribution in [0.25, 0.3) is 0 Å². The molecule has 25 heavy (non-hydrogen) atoms. The maximum atomic E-state index is 5.96. The number of guanidine groups is 1. The largest absolute Gasteiger partial charge is 0.493 e. The van der Waals surface area contributed by atoms with E-state index in [0.717, 1.165) is 46.9 Å². The van der Waals surface area contributed by atoms with Gasteiger partial charge in [-0.3, -0.25) is 4.99 Å². The fourth-order valence-corrected chi connectivity index (χ4v) is 2.72. The number of aliphatic imine (C=N–C) groups is 1. The summed E-state index contributed by atoms with van der Waals surface area (Å²) in [5.74, 6) is 4.34. The second-order valence-corrected chi connectivity index (χ2v) is 6.58. The van der Waals surface area contributed by atoms with Crippen LogP contribution in [0.4, 0.5) is 0 Å². The molecule has 1 aromatic heterocycles. The Morgan fingerprint density at radius 3 is 2.52 bits per heavy atom. The third kappa shape index (κ3) is 5.02. The Bertz CT molecular complexity index is 732. The normalized spacial score (nSPS) is 14.4. The predicted molar refractivity (Wildman–Crippen MR) is 99.9 cm³/mol. The fraction of sp³-hybridized carbons (Fsp3) is 0.450. The van der Waals surface area contributed by atoms with Crippen molar-refractivity contribution in [1.82, 2.24) is 10.6 Å². The zero-order valence-corrected chi connectivity index (χ0v) is 15.3. The molecule has 0 bridgehead atoms. The van der Waals surface area contributed by atoms with Crippen LogP contribution in [0.15, 0.2) is 39.7 Å². The summed E-state index contributed by atoms with van der Waals surface area (Å²) in [4.78, 5) is 4.29. The average Bonchev–Trinajstić information content (AvgIpc) is 3.38. The molecule has 5 nitrogen and oxygen atoms in total. The summed E-state index contributed by atoms with van der Waals surface area (Å²) in [5, 5.41) is 6.68. The Morgan fingerprint density at radius 1 is 1.16 bits per heavy atom. The number of para-hydroxylation sites is 1. The number of aryl methyl sites for hydroxylation is 2. The maximum Gasteiger partial charge on any atom is 0.191 e. The number of nitrogens with one attached hydrogen (secondary N) is 2. The lowest BCUT2D eigenvalue weighted by molar-refractivity contribution is 0.296. The van der Waals surface area contributed by atoms with Crippen molar-refractivity contribution in [3.63, 3.8) is 0 Å². The van der Waals surface area contributed by atoms with Gasteiger partial charge in [-0.15, -0.1) is 0 Å². The first-order valence-electron chi connectivity index (χ1n) is 8.87. The van der Waals surface area contributed by atoms with Gasteiger partial charge in [-0.1, -0.05) is 18.2 Å². The molecule has 0 atom stereocenters. The third-order valence-corrected chi connectivity index (χ3v) is 4.40. The quantitative estimate of drug-likeness (QED) is 0.597. The van der Waals surface area contributed by atoms with Crippen molar-refractivity contribution in [3.05, 3.63) is 53.0 Å². The van der Waals surface area contributed by atoms with Crippen LogP contribution in [-0.4, -0.2) is 19.6 Å². The van der Waals surface area contributed by atoms with E-state index in [1.807, 2.05) is 32.0 Å². The van der Waals surface area contributed by atoms with E-state index in [9.17, 15) is 0 Å². The van der Waals surface area contributed by atoms with E-state index < -0.39 is 0 Å². The topological polar surface area (TPSA) is 58.8 Å². The van der Waals surface area contributed by atoms with Crippen LogP contribution in [0, 0.1) is 19.8 Å². The van der Waals surface area contributed by atoms with Gasteiger partial charge in [0.05, 0.1) is 6.61 Å². The fourth-order valence-electron chi connectivity index (χ4n) is 2.72. The van der Waals surface area contributed by atoms with Crippen molar-refractivity contribution in [2.24, 2.45) is 10.9 Å². The van der Waals surface area contributed by atoms with E-state index in [1.165, 1.54) is 12.8 Å². The van der Waals surface area contributed by atoms with Gasteiger partial charge in [0.25, 0.3) is 0 Å². The van der Waals surface area contributed by atoms with Crippen molar-refractivity contribution in [2.75, 3.05) is 13.7 Å². The highest BCUT2D eigenvalue weighted by Gasteiger charge is 2.22. The maximum absolute atomic E-state index is 5.96. The number of ether oxygens (including phenoxy) is 1. The molecule has 0 amide bonds. The zero-order valence-electron chi connectivity index (χ0n) is 15.3. The van der Waals surface area contributed by atoms with Crippen LogP contribution < -0.4 is 15.4 Å². The van der Waals surface area contributed by atoms with Crippen LogP contribution in [0.1, 0.15) is 35.5 Å². The number of hydrogen-bond donors (Lipinski definition) is 2. The first-order valence-corrected chi connectivity index (χ1v) is 8.87. The number of rotatable bonds is 7. The van der Waals surface area contributed by atoms with Crippen molar-refractivity contribution in [1.29, 1.82) is 0 Å². The minimum absolute atomic E-state index is 0.671. The van der Waals surface area contributed by atoms with E-state index in [1.54, 1.807) is 7.05 Å². The van der Waals surface area contributed by atoms with Gasteiger partial charge in [0.15, 0.2) is 5.96 Å². The molecule has 2 N–H and O–H groups in total. The zero-order chi connectivity index (χ0) is 17.6. The molecule has 0 radical (unpaired) electrons. The molecule has 1 saturated carbocycles.